The van der Waals surface area contributed by atoms with Crippen LogP contribution in [0.3, 0.4) is 0 Å². The van der Waals surface area contributed by atoms with Gasteiger partial charge < -0.3 is 16.2 Å². The second kappa shape index (κ2) is 9.71. The minimum Gasteiger partial charge on any atom is -0.507 e. The number of nitrogens with zero attached hydrogens (tertiary/aromatic N) is 1. The molecule has 1 aromatic heterocycles. The zero-order chi connectivity index (χ0) is 25.2. The lowest BCUT2D eigenvalue weighted by atomic mass is 10.0. The third kappa shape index (κ3) is 5.30. The Morgan fingerprint density at radius 2 is 1.91 bits per heavy atom. The predicted octanol–water partition coefficient (Wildman–Crippen LogP) is 3.49. The number of nitrogen functional groups attached to an aromatic ring is 1. The average Bonchev–Trinajstić information content (AvgIpc) is 2.79. The summed E-state index contributed by atoms with van der Waals surface area (Å²) >= 11 is 3.29. The van der Waals surface area contributed by atoms with Crippen molar-refractivity contribution in [2.45, 2.75) is 11.8 Å². The number of carbonyl (C=O) groups excluding carboxylic acids is 1. The Hall–Kier alpha value is -3.61. The molecule has 9 nitrogen and oxygen atoms in total. The van der Waals surface area contributed by atoms with Gasteiger partial charge >= 0.3 is 0 Å². The fourth-order valence-corrected chi connectivity index (χ4v) is 4.28. The van der Waals surface area contributed by atoms with Crippen molar-refractivity contribution in [1.82, 2.24) is 4.98 Å². The van der Waals surface area contributed by atoms with Crippen LogP contribution < -0.4 is 16.2 Å². The Balaban J connectivity index is 1.92. The van der Waals surface area contributed by atoms with Gasteiger partial charge in [0.25, 0.3) is 5.91 Å². The summed E-state index contributed by atoms with van der Waals surface area (Å²) in [4.78, 5) is 16.1. The van der Waals surface area contributed by atoms with E-state index in [4.69, 9.17) is 16.3 Å². The van der Waals surface area contributed by atoms with Gasteiger partial charge in [-0.1, -0.05) is 6.07 Å². The number of pyridine rings is 1. The molecule has 0 atom stereocenters. The Morgan fingerprint density at radius 1 is 1.21 bits per heavy atom. The smallest absolute Gasteiger partial charge is 0.284 e. The molecule has 0 spiro atoms. The minimum absolute atomic E-state index is 0.0166. The summed E-state index contributed by atoms with van der Waals surface area (Å²) in [6.07, 6.45) is 2.54. The van der Waals surface area contributed by atoms with Crippen molar-refractivity contribution < 1.29 is 22.7 Å². The Kier molecular flexibility index (Phi) is 7.15. The number of aromatic hydroxyl groups is 1. The van der Waals surface area contributed by atoms with Gasteiger partial charge in [0.15, 0.2) is 5.83 Å². The SMILES string of the molecule is C/C(=C(/F)C(=O)Nc1ccc(-c2ccncc2S(N)(=O)=O)cc1Br)c1cc(C(=N)N)ccc1O. The monoisotopic (exact) mass is 547 g/mol. The van der Waals surface area contributed by atoms with Gasteiger partial charge in [-0.2, -0.15) is 0 Å². The Morgan fingerprint density at radius 3 is 2.53 bits per heavy atom. The second-order valence-electron chi connectivity index (χ2n) is 7.15. The first-order valence-electron chi connectivity index (χ1n) is 9.52. The molecule has 3 aromatic rings. The largest absolute Gasteiger partial charge is 0.507 e. The second-order valence-corrected chi connectivity index (χ2v) is 9.53. The molecule has 12 heteroatoms. The lowest BCUT2D eigenvalue weighted by Gasteiger charge is -2.12. The molecule has 7 N–H and O–H groups in total. The van der Waals surface area contributed by atoms with Crippen LogP contribution in [0.1, 0.15) is 18.1 Å². The Bertz CT molecular complexity index is 1460. The number of hydrogen-bond donors (Lipinski definition) is 5. The van der Waals surface area contributed by atoms with Crippen LogP contribution in [0, 0.1) is 5.41 Å². The molecule has 0 aliphatic carbocycles. The number of amidine groups is 1. The summed E-state index contributed by atoms with van der Waals surface area (Å²) in [7, 11) is -4.03. The molecular weight excluding hydrogens is 529 g/mol. The van der Waals surface area contributed by atoms with Crippen LogP contribution in [-0.2, 0) is 14.8 Å². The summed E-state index contributed by atoms with van der Waals surface area (Å²) in [5, 5.41) is 25.2. The standard InChI is InChI=1S/C22H19BrFN5O4S/c1-11(15-8-13(21(25)26)3-5-18(15)30)20(24)22(31)29-17-4-2-12(9-16(17)23)14-6-7-28-10-19(14)34(27,32)33/h2-10,30H,1H3,(H3,25,26)(H,29,31)(H2,27,32,33)/b20-11-. The number of benzene rings is 2. The topological polar surface area (TPSA) is 172 Å². The van der Waals surface area contributed by atoms with Gasteiger partial charge in [-0.15, -0.1) is 0 Å². The molecular formula is C22H19BrFN5O4S. The Labute approximate surface area is 203 Å². The van der Waals surface area contributed by atoms with Crippen LogP contribution in [0.2, 0.25) is 0 Å². The number of phenolic OH excluding ortho intramolecular Hbond substituents is 1. The number of nitrogens with two attached hydrogens (primary N) is 2. The summed E-state index contributed by atoms with van der Waals surface area (Å²) in [6, 6.07) is 9.97. The predicted molar refractivity (Wildman–Crippen MR) is 130 cm³/mol. The molecule has 0 saturated carbocycles. The maximum atomic E-state index is 14.9. The summed E-state index contributed by atoms with van der Waals surface area (Å²) in [5.41, 5.74) is 6.54. The van der Waals surface area contributed by atoms with Gasteiger partial charge in [0.2, 0.25) is 10.0 Å². The zero-order valence-corrected chi connectivity index (χ0v) is 20.0. The van der Waals surface area contributed by atoms with Crippen molar-refractivity contribution in [3.63, 3.8) is 0 Å². The van der Waals surface area contributed by atoms with Crippen molar-refractivity contribution >= 4 is 49.0 Å². The molecule has 0 bridgehead atoms. The highest BCUT2D eigenvalue weighted by Gasteiger charge is 2.19. The van der Waals surface area contributed by atoms with Crippen molar-refractivity contribution in [1.29, 1.82) is 5.41 Å². The number of rotatable bonds is 6. The van der Waals surface area contributed by atoms with E-state index < -0.39 is 21.8 Å². The van der Waals surface area contributed by atoms with Gasteiger partial charge in [-0.05, 0) is 64.8 Å². The van der Waals surface area contributed by atoms with Gasteiger partial charge in [-0.25, -0.2) is 17.9 Å². The van der Waals surface area contributed by atoms with Crippen LogP contribution >= 0.6 is 15.9 Å². The number of amides is 1. The van der Waals surface area contributed by atoms with Crippen LogP contribution in [0.25, 0.3) is 16.7 Å². The fourth-order valence-electron chi connectivity index (χ4n) is 3.10. The van der Waals surface area contributed by atoms with E-state index in [1.54, 1.807) is 0 Å². The van der Waals surface area contributed by atoms with E-state index in [2.05, 4.69) is 26.2 Å². The van der Waals surface area contributed by atoms with Gasteiger partial charge in [0.1, 0.15) is 16.5 Å². The third-order valence-electron chi connectivity index (χ3n) is 4.86. The molecule has 0 unspecified atom stereocenters. The number of anilines is 1. The lowest BCUT2D eigenvalue weighted by Crippen LogP contribution is -2.14. The maximum absolute atomic E-state index is 14.9. The molecule has 1 heterocycles. The van der Waals surface area contributed by atoms with Crippen LogP contribution in [0.4, 0.5) is 10.1 Å². The van der Waals surface area contributed by atoms with E-state index >= 15 is 0 Å². The summed E-state index contributed by atoms with van der Waals surface area (Å²) in [6.45, 7) is 1.31. The molecule has 34 heavy (non-hydrogen) atoms. The van der Waals surface area contributed by atoms with Crippen molar-refractivity contribution in [3.8, 4) is 16.9 Å². The highest BCUT2D eigenvalue weighted by Crippen LogP contribution is 2.33. The number of sulfonamides is 1. The number of allylic oxidation sites excluding steroid dienone is 1. The lowest BCUT2D eigenvalue weighted by molar-refractivity contribution is -0.114. The molecule has 176 valence electrons. The van der Waals surface area contributed by atoms with Gasteiger partial charge in [0, 0.05) is 39.1 Å². The van der Waals surface area contributed by atoms with E-state index in [1.165, 1.54) is 55.6 Å². The number of hydrogen-bond acceptors (Lipinski definition) is 6. The van der Waals surface area contributed by atoms with E-state index in [0.29, 0.717) is 15.6 Å². The molecule has 2 aromatic carbocycles. The first-order valence-corrected chi connectivity index (χ1v) is 11.9. The molecule has 0 aliphatic rings. The number of aromatic nitrogens is 1. The average molecular weight is 548 g/mol. The zero-order valence-electron chi connectivity index (χ0n) is 17.6. The number of phenols is 1. The maximum Gasteiger partial charge on any atom is 0.284 e. The van der Waals surface area contributed by atoms with Gasteiger partial charge in [0.05, 0.1) is 5.69 Å². The van der Waals surface area contributed by atoms with Gasteiger partial charge in [-0.3, -0.25) is 15.2 Å². The van der Waals surface area contributed by atoms with Crippen LogP contribution in [0.15, 0.2) is 70.1 Å². The molecule has 0 fully saturated rings. The van der Waals surface area contributed by atoms with E-state index in [1.807, 2.05) is 0 Å². The molecule has 0 radical (unpaired) electrons. The third-order valence-corrected chi connectivity index (χ3v) is 6.45. The van der Waals surface area contributed by atoms with Crippen molar-refractivity contribution in [3.05, 3.63) is 76.3 Å². The van der Waals surface area contributed by atoms with E-state index in [9.17, 15) is 22.7 Å². The van der Waals surface area contributed by atoms with E-state index in [-0.39, 0.29) is 38.9 Å². The summed E-state index contributed by atoms with van der Waals surface area (Å²) < 4.78 is 38.9. The van der Waals surface area contributed by atoms with Crippen molar-refractivity contribution in [2.75, 3.05) is 5.32 Å². The van der Waals surface area contributed by atoms with E-state index in [0.717, 1.165) is 6.20 Å². The molecule has 3 rings (SSSR count). The molecule has 0 saturated heterocycles. The first kappa shape index (κ1) is 25.0. The normalized spacial score (nSPS) is 12.1. The minimum atomic E-state index is -4.03. The number of halogens is 2. The highest BCUT2D eigenvalue weighted by molar-refractivity contribution is 9.10. The number of nitrogens with one attached hydrogen (secondary N) is 2. The highest BCUT2D eigenvalue weighted by atomic mass is 79.9. The molecule has 1 amide bonds. The number of carbonyl (C=O) groups is 1. The quantitative estimate of drug-likeness (QED) is 0.179. The van der Waals surface area contributed by atoms with Crippen LogP contribution in [0.5, 0.6) is 5.75 Å². The van der Waals surface area contributed by atoms with Crippen LogP contribution in [-0.4, -0.2) is 30.3 Å². The number of primary sulfonamides is 1. The first-order chi connectivity index (χ1) is 15.9. The molecule has 0 aliphatic heterocycles. The summed E-state index contributed by atoms with van der Waals surface area (Å²) in [5.74, 6) is -2.79. The fraction of sp³-hybridized carbons (Fsp3) is 0.0455. The van der Waals surface area contributed by atoms with Crippen molar-refractivity contribution in [2.24, 2.45) is 10.9 Å².